The summed E-state index contributed by atoms with van der Waals surface area (Å²) in [6, 6.07) is 8.57. The third-order valence-electron chi connectivity index (χ3n) is 4.29. The molecule has 0 saturated carbocycles. The van der Waals surface area contributed by atoms with Crippen LogP contribution in [0.15, 0.2) is 41.8 Å². The van der Waals surface area contributed by atoms with Crippen LogP contribution >= 0.6 is 22.9 Å². The van der Waals surface area contributed by atoms with Gasteiger partial charge in [0.15, 0.2) is 5.13 Å². The van der Waals surface area contributed by atoms with E-state index >= 15 is 0 Å². The third kappa shape index (κ3) is 3.06. The minimum atomic E-state index is -0.524. The molecule has 0 fully saturated rings. The third-order valence-corrected chi connectivity index (χ3v) is 5.34. The Kier molecular flexibility index (Phi) is 4.44. The van der Waals surface area contributed by atoms with Gasteiger partial charge in [0.1, 0.15) is 5.82 Å². The van der Waals surface area contributed by atoms with Crippen LogP contribution in [0.2, 0.25) is 5.02 Å². The fraction of sp³-hybridized carbons (Fsp3) is 0.0526. The monoisotopic (exact) mass is 415 g/mol. The first-order valence-electron chi connectivity index (χ1n) is 8.04. The van der Waals surface area contributed by atoms with Gasteiger partial charge in [-0.25, -0.2) is 9.37 Å². The van der Waals surface area contributed by atoms with Crippen LogP contribution in [-0.4, -0.2) is 34.7 Å². The number of rotatable bonds is 3. The molecule has 0 aliphatic carbocycles. The van der Waals surface area contributed by atoms with Crippen LogP contribution in [0.5, 0.6) is 0 Å². The minimum Gasteiger partial charge on any atom is -0.298 e. The molecule has 9 heteroatoms. The SMILES string of the molecule is CN1C(=O)c2ccc(C(=O)Nc3nc(-c4ccc(F)c(Cl)c4)cs3)cc2C1=O. The standard InChI is InChI=1S/C19H11ClFN3O3S/c1-24-17(26)11-4-2-10(6-12(11)18(24)27)16(25)23-19-22-15(8-28-19)9-3-5-14(21)13(20)7-9/h2-8H,1H3,(H,22,23,25). The smallest absolute Gasteiger partial charge is 0.261 e. The highest BCUT2D eigenvalue weighted by Gasteiger charge is 2.33. The Hall–Kier alpha value is -3.10. The fourth-order valence-electron chi connectivity index (χ4n) is 2.79. The average Bonchev–Trinajstić information content (AvgIpc) is 3.23. The number of fused-ring (bicyclic) bond motifs is 1. The lowest BCUT2D eigenvalue weighted by atomic mass is 10.1. The number of hydrogen-bond acceptors (Lipinski definition) is 5. The van der Waals surface area contributed by atoms with Crippen molar-refractivity contribution in [3.05, 3.63) is 69.3 Å². The molecule has 0 spiro atoms. The number of anilines is 1. The van der Waals surface area contributed by atoms with Crippen molar-refractivity contribution in [2.24, 2.45) is 0 Å². The molecule has 4 rings (SSSR count). The first-order valence-corrected chi connectivity index (χ1v) is 9.29. The van der Waals surface area contributed by atoms with Crippen LogP contribution in [-0.2, 0) is 0 Å². The maximum absolute atomic E-state index is 13.3. The molecule has 1 aliphatic heterocycles. The molecular formula is C19H11ClFN3O3S. The molecule has 0 unspecified atom stereocenters. The van der Waals surface area contributed by atoms with Crippen LogP contribution in [0, 0.1) is 5.82 Å². The number of imide groups is 1. The second-order valence-corrected chi connectivity index (χ2v) is 7.32. The molecule has 1 N–H and O–H groups in total. The number of benzene rings is 2. The Morgan fingerprint density at radius 2 is 1.89 bits per heavy atom. The van der Waals surface area contributed by atoms with Gasteiger partial charge < -0.3 is 0 Å². The predicted molar refractivity (Wildman–Crippen MR) is 103 cm³/mol. The van der Waals surface area contributed by atoms with E-state index in [1.54, 1.807) is 11.4 Å². The summed E-state index contributed by atoms with van der Waals surface area (Å²) in [5.41, 5.74) is 1.86. The van der Waals surface area contributed by atoms with Crippen molar-refractivity contribution >= 4 is 45.8 Å². The fourth-order valence-corrected chi connectivity index (χ4v) is 3.69. The molecular weight excluding hydrogens is 405 g/mol. The molecule has 28 heavy (non-hydrogen) atoms. The molecule has 140 valence electrons. The van der Waals surface area contributed by atoms with E-state index in [9.17, 15) is 18.8 Å². The highest BCUT2D eigenvalue weighted by molar-refractivity contribution is 7.14. The summed E-state index contributed by atoms with van der Waals surface area (Å²) in [4.78, 5) is 41.8. The zero-order valence-electron chi connectivity index (χ0n) is 14.3. The molecule has 2 aromatic carbocycles. The zero-order chi connectivity index (χ0) is 20.0. The van der Waals surface area contributed by atoms with Gasteiger partial charge in [0.2, 0.25) is 0 Å². The van der Waals surface area contributed by atoms with Crippen molar-refractivity contribution in [3.8, 4) is 11.3 Å². The van der Waals surface area contributed by atoms with Gasteiger partial charge >= 0.3 is 0 Å². The van der Waals surface area contributed by atoms with Crippen molar-refractivity contribution in [2.45, 2.75) is 0 Å². The molecule has 6 nitrogen and oxygen atoms in total. The first-order chi connectivity index (χ1) is 13.3. The molecule has 3 aromatic rings. The van der Waals surface area contributed by atoms with E-state index in [4.69, 9.17) is 11.6 Å². The summed E-state index contributed by atoms with van der Waals surface area (Å²) in [5, 5.41) is 4.68. The molecule has 1 aliphatic rings. The summed E-state index contributed by atoms with van der Waals surface area (Å²) in [6.07, 6.45) is 0. The summed E-state index contributed by atoms with van der Waals surface area (Å²) in [7, 11) is 1.39. The Labute approximate surface area is 167 Å². The highest BCUT2D eigenvalue weighted by atomic mass is 35.5. The van der Waals surface area contributed by atoms with Gasteiger partial charge in [-0.15, -0.1) is 11.3 Å². The Morgan fingerprint density at radius 3 is 2.64 bits per heavy atom. The molecule has 0 atom stereocenters. The van der Waals surface area contributed by atoms with Crippen molar-refractivity contribution in [1.82, 2.24) is 9.88 Å². The molecule has 1 aromatic heterocycles. The van der Waals surface area contributed by atoms with E-state index in [1.807, 2.05) is 0 Å². The van der Waals surface area contributed by atoms with E-state index in [0.717, 1.165) is 4.90 Å². The molecule has 0 radical (unpaired) electrons. The largest absolute Gasteiger partial charge is 0.298 e. The van der Waals surface area contributed by atoms with Crippen LogP contribution in [0.25, 0.3) is 11.3 Å². The molecule has 2 heterocycles. The number of hydrogen-bond donors (Lipinski definition) is 1. The number of thiazole rings is 1. The first kappa shape index (κ1) is 18.3. The van der Waals surface area contributed by atoms with Crippen molar-refractivity contribution < 1.29 is 18.8 Å². The van der Waals surface area contributed by atoms with Crippen LogP contribution in [0.4, 0.5) is 9.52 Å². The van der Waals surface area contributed by atoms with E-state index in [1.165, 1.54) is 48.7 Å². The lowest BCUT2D eigenvalue weighted by Crippen LogP contribution is -2.24. The lowest BCUT2D eigenvalue weighted by molar-refractivity contribution is 0.0693. The number of aromatic nitrogens is 1. The van der Waals surface area contributed by atoms with Gasteiger partial charge in [0.05, 0.1) is 21.8 Å². The van der Waals surface area contributed by atoms with E-state index < -0.39 is 23.5 Å². The number of carbonyl (C=O) groups is 3. The second kappa shape index (κ2) is 6.81. The van der Waals surface area contributed by atoms with E-state index in [-0.39, 0.29) is 21.7 Å². The number of amides is 3. The van der Waals surface area contributed by atoms with Crippen LogP contribution in [0.3, 0.4) is 0 Å². The van der Waals surface area contributed by atoms with Crippen molar-refractivity contribution in [1.29, 1.82) is 0 Å². The van der Waals surface area contributed by atoms with E-state index in [0.29, 0.717) is 16.4 Å². The van der Waals surface area contributed by atoms with Gasteiger partial charge in [-0.1, -0.05) is 11.6 Å². The zero-order valence-corrected chi connectivity index (χ0v) is 15.9. The summed E-state index contributed by atoms with van der Waals surface area (Å²) in [6.45, 7) is 0. The number of halogens is 2. The van der Waals surface area contributed by atoms with Crippen molar-refractivity contribution in [3.63, 3.8) is 0 Å². The normalized spacial score (nSPS) is 13.0. The summed E-state index contributed by atoms with van der Waals surface area (Å²) in [5.74, 6) is -1.83. The second-order valence-electron chi connectivity index (χ2n) is 6.05. The Morgan fingerprint density at radius 1 is 1.14 bits per heavy atom. The summed E-state index contributed by atoms with van der Waals surface area (Å²) >= 11 is 6.98. The van der Waals surface area contributed by atoms with Gasteiger partial charge in [-0.05, 0) is 36.4 Å². The Balaban J connectivity index is 1.55. The minimum absolute atomic E-state index is 0.0154. The highest BCUT2D eigenvalue weighted by Crippen LogP contribution is 2.29. The quantitative estimate of drug-likeness (QED) is 0.654. The van der Waals surface area contributed by atoms with E-state index in [2.05, 4.69) is 10.3 Å². The number of carbonyl (C=O) groups excluding carboxylic acids is 3. The van der Waals surface area contributed by atoms with Gasteiger partial charge in [0, 0.05) is 23.6 Å². The maximum Gasteiger partial charge on any atom is 0.261 e. The van der Waals surface area contributed by atoms with Crippen LogP contribution in [0.1, 0.15) is 31.1 Å². The van der Waals surface area contributed by atoms with Gasteiger partial charge in [-0.3, -0.25) is 24.6 Å². The van der Waals surface area contributed by atoms with Gasteiger partial charge in [0.25, 0.3) is 17.7 Å². The van der Waals surface area contributed by atoms with Gasteiger partial charge in [-0.2, -0.15) is 0 Å². The topological polar surface area (TPSA) is 79.4 Å². The number of nitrogens with zero attached hydrogens (tertiary/aromatic N) is 2. The predicted octanol–water partition coefficient (Wildman–Crippen LogP) is 4.08. The Bertz CT molecular complexity index is 1160. The van der Waals surface area contributed by atoms with Crippen LogP contribution < -0.4 is 5.32 Å². The molecule has 3 amide bonds. The summed E-state index contributed by atoms with van der Waals surface area (Å²) < 4.78 is 13.3. The van der Waals surface area contributed by atoms with Crippen molar-refractivity contribution in [2.75, 3.05) is 12.4 Å². The average molecular weight is 416 g/mol. The maximum atomic E-state index is 13.3. The lowest BCUT2D eigenvalue weighted by Gasteiger charge is -2.03. The molecule has 0 bridgehead atoms. The molecule has 0 saturated heterocycles. The number of nitrogens with one attached hydrogen (secondary N) is 1.